The maximum Gasteiger partial charge on any atom is 0.132 e. The van der Waals surface area contributed by atoms with Gasteiger partial charge in [-0.25, -0.2) is 0 Å². The number of rotatable bonds is 4. The molecule has 1 aliphatic rings. The molecule has 0 amide bonds. The second kappa shape index (κ2) is 4.06. The molecule has 82 valence electrons. The summed E-state index contributed by atoms with van der Waals surface area (Å²) in [6, 6.07) is 6.16. The predicted molar refractivity (Wildman–Crippen MR) is 62.6 cm³/mol. The molecule has 0 aliphatic heterocycles. The number of methoxy groups -OCH3 is 1. The number of thioether (sulfide) groups is 1. The van der Waals surface area contributed by atoms with Gasteiger partial charge in [0, 0.05) is 4.75 Å². The van der Waals surface area contributed by atoms with Gasteiger partial charge in [0.15, 0.2) is 0 Å². The SMILES string of the molecule is COc1ccc(C)cc1SC1(CO)CC1. The van der Waals surface area contributed by atoms with Crippen molar-refractivity contribution in [1.82, 2.24) is 0 Å². The lowest BCUT2D eigenvalue weighted by atomic mass is 10.2. The maximum atomic E-state index is 9.29. The summed E-state index contributed by atoms with van der Waals surface area (Å²) in [5, 5.41) is 9.29. The van der Waals surface area contributed by atoms with Gasteiger partial charge in [-0.05, 0) is 37.5 Å². The van der Waals surface area contributed by atoms with Gasteiger partial charge >= 0.3 is 0 Å². The van der Waals surface area contributed by atoms with Crippen molar-refractivity contribution in [2.75, 3.05) is 13.7 Å². The van der Waals surface area contributed by atoms with E-state index >= 15 is 0 Å². The topological polar surface area (TPSA) is 29.5 Å². The van der Waals surface area contributed by atoms with Crippen LogP contribution in [0.3, 0.4) is 0 Å². The van der Waals surface area contributed by atoms with Gasteiger partial charge in [-0.3, -0.25) is 0 Å². The van der Waals surface area contributed by atoms with Gasteiger partial charge in [-0.2, -0.15) is 0 Å². The molecule has 1 aliphatic carbocycles. The molecule has 1 N–H and O–H groups in total. The lowest BCUT2D eigenvalue weighted by Crippen LogP contribution is -2.08. The largest absolute Gasteiger partial charge is 0.496 e. The number of ether oxygens (including phenoxy) is 1. The number of aliphatic hydroxyl groups is 1. The van der Waals surface area contributed by atoms with Crippen molar-refractivity contribution in [2.24, 2.45) is 0 Å². The van der Waals surface area contributed by atoms with E-state index in [0.29, 0.717) is 0 Å². The Morgan fingerprint density at radius 1 is 1.47 bits per heavy atom. The number of hydrogen-bond donors (Lipinski definition) is 1. The van der Waals surface area contributed by atoms with Crippen molar-refractivity contribution in [1.29, 1.82) is 0 Å². The van der Waals surface area contributed by atoms with Gasteiger partial charge in [0.25, 0.3) is 0 Å². The molecule has 3 heteroatoms. The van der Waals surface area contributed by atoms with Crippen LogP contribution in [0.5, 0.6) is 5.75 Å². The molecule has 0 radical (unpaired) electrons. The highest BCUT2D eigenvalue weighted by molar-refractivity contribution is 8.01. The predicted octanol–water partition coefficient (Wildman–Crippen LogP) is 2.62. The maximum absolute atomic E-state index is 9.29. The molecule has 2 nitrogen and oxygen atoms in total. The second-order valence-corrected chi connectivity index (χ2v) is 5.61. The standard InChI is InChI=1S/C12H16O2S/c1-9-3-4-10(14-2)11(7-9)15-12(8-13)5-6-12/h3-4,7,13H,5-6,8H2,1-2H3. The Morgan fingerprint density at radius 2 is 2.20 bits per heavy atom. The second-order valence-electron chi connectivity index (χ2n) is 4.10. The van der Waals surface area contributed by atoms with E-state index in [1.807, 2.05) is 12.1 Å². The van der Waals surface area contributed by atoms with Crippen LogP contribution in [0.2, 0.25) is 0 Å². The first-order valence-electron chi connectivity index (χ1n) is 5.14. The summed E-state index contributed by atoms with van der Waals surface area (Å²) < 4.78 is 5.39. The Balaban J connectivity index is 2.22. The molecule has 1 aromatic rings. The average Bonchev–Trinajstić information content (AvgIpc) is 2.99. The zero-order valence-corrected chi connectivity index (χ0v) is 9.93. The van der Waals surface area contributed by atoms with Crippen molar-refractivity contribution in [3.8, 4) is 5.75 Å². The van der Waals surface area contributed by atoms with Crippen LogP contribution in [-0.2, 0) is 0 Å². The van der Waals surface area contributed by atoms with Crippen LogP contribution >= 0.6 is 11.8 Å². The van der Waals surface area contributed by atoms with Crippen molar-refractivity contribution in [3.63, 3.8) is 0 Å². The van der Waals surface area contributed by atoms with Gasteiger partial charge in [0.05, 0.1) is 18.6 Å². The van der Waals surface area contributed by atoms with Gasteiger partial charge in [-0.1, -0.05) is 6.07 Å². The first kappa shape index (κ1) is 10.8. The Labute approximate surface area is 94.6 Å². The van der Waals surface area contributed by atoms with E-state index in [1.165, 1.54) is 5.56 Å². The first-order valence-corrected chi connectivity index (χ1v) is 5.95. The minimum atomic E-state index is 0.0705. The van der Waals surface area contributed by atoms with Crippen LogP contribution in [0, 0.1) is 6.92 Å². The van der Waals surface area contributed by atoms with Crippen LogP contribution in [0.15, 0.2) is 23.1 Å². The minimum absolute atomic E-state index is 0.0705. The van der Waals surface area contributed by atoms with Crippen LogP contribution in [-0.4, -0.2) is 23.6 Å². The molecule has 1 saturated carbocycles. The number of aliphatic hydroxyl groups excluding tert-OH is 1. The van der Waals surface area contributed by atoms with Crippen molar-refractivity contribution < 1.29 is 9.84 Å². The van der Waals surface area contributed by atoms with E-state index in [1.54, 1.807) is 18.9 Å². The summed E-state index contributed by atoms with van der Waals surface area (Å²) >= 11 is 1.75. The Bertz CT molecular complexity index is 359. The van der Waals surface area contributed by atoms with Gasteiger partial charge in [-0.15, -0.1) is 11.8 Å². The molecule has 0 spiro atoms. The molecule has 0 unspecified atom stereocenters. The smallest absolute Gasteiger partial charge is 0.132 e. The fourth-order valence-electron chi connectivity index (χ4n) is 1.53. The number of aryl methyl sites for hydroxylation is 1. The third-order valence-electron chi connectivity index (χ3n) is 2.74. The first-order chi connectivity index (χ1) is 7.19. The van der Waals surface area contributed by atoms with E-state index in [0.717, 1.165) is 23.5 Å². The Hall–Kier alpha value is -0.670. The van der Waals surface area contributed by atoms with Gasteiger partial charge in [0.1, 0.15) is 5.75 Å². The molecule has 15 heavy (non-hydrogen) atoms. The lowest BCUT2D eigenvalue weighted by molar-refractivity contribution is 0.288. The van der Waals surface area contributed by atoms with Crippen LogP contribution in [0.1, 0.15) is 18.4 Å². The zero-order valence-electron chi connectivity index (χ0n) is 9.12. The molecule has 0 saturated heterocycles. The van der Waals surface area contributed by atoms with E-state index in [2.05, 4.69) is 13.0 Å². The minimum Gasteiger partial charge on any atom is -0.496 e. The van der Waals surface area contributed by atoms with Gasteiger partial charge < -0.3 is 9.84 Å². The summed E-state index contributed by atoms with van der Waals surface area (Å²) in [5.74, 6) is 0.908. The van der Waals surface area contributed by atoms with Crippen LogP contribution in [0.4, 0.5) is 0 Å². The molecule has 0 bridgehead atoms. The van der Waals surface area contributed by atoms with Gasteiger partial charge in [0.2, 0.25) is 0 Å². The quantitative estimate of drug-likeness (QED) is 0.852. The van der Waals surface area contributed by atoms with E-state index < -0.39 is 0 Å². The number of benzene rings is 1. The summed E-state index contributed by atoms with van der Waals surface area (Å²) in [6.07, 6.45) is 2.20. The molecular formula is C12H16O2S. The summed E-state index contributed by atoms with van der Waals surface area (Å²) in [7, 11) is 1.69. The average molecular weight is 224 g/mol. The van der Waals surface area contributed by atoms with Crippen molar-refractivity contribution >= 4 is 11.8 Å². The Morgan fingerprint density at radius 3 is 2.73 bits per heavy atom. The lowest BCUT2D eigenvalue weighted by Gasteiger charge is -2.14. The third-order valence-corrected chi connectivity index (χ3v) is 4.25. The summed E-state index contributed by atoms with van der Waals surface area (Å²) in [5.41, 5.74) is 1.23. The highest BCUT2D eigenvalue weighted by atomic mass is 32.2. The zero-order chi connectivity index (χ0) is 10.9. The summed E-state index contributed by atoms with van der Waals surface area (Å²) in [4.78, 5) is 1.14. The highest BCUT2D eigenvalue weighted by Crippen LogP contribution is 2.53. The molecular weight excluding hydrogens is 208 g/mol. The normalized spacial score (nSPS) is 17.5. The fraction of sp³-hybridized carbons (Fsp3) is 0.500. The third kappa shape index (κ3) is 2.29. The molecule has 0 aromatic heterocycles. The monoisotopic (exact) mass is 224 g/mol. The van der Waals surface area contributed by atoms with E-state index in [-0.39, 0.29) is 11.4 Å². The number of hydrogen-bond acceptors (Lipinski definition) is 3. The summed E-state index contributed by atoms with van der Waals surface area (Å²) in [6.45, 7) is 2.33. The molecule has 1 fully saturated rings. The van der Waals surface area contributed by atoms with E-state index in [4.69, 9.17) is 4.74 Å². The van der Waals surface area contributed by atoms with Crippen molar-refractivity contribution in [2.45, 2.75) is 29.4 Å². The van der Waals surface area contributed by atoms with E-state index in [9.17, 15) is 5.11 Å². The molecule has 0 atom stereocenters. The highest BCUT2D eigenvalue weighted by Gasteiger charge is 2.43. The molecule has 2 rings (SSSR count). The molecule has 1 aromatic carbocycles. The Kier molecular flexibility index (Phi) is 2.94. The van der Waals surface area contributed by atoms with Crippen molar-refractivity contribution in [3.05, 3.63) is 23.8 Å². The van der Waals surface area contributed by atoms with Crippen LogP contribution in [0.25, 0.3) is 0 Å². The fourth-order valence-corrected chi connectivity index (χ4v) is 2.86. The molecule has 0 heterocycles. The van der Waals surface area contributed by atoms with Crippen LogP contribution < -0.4 is 4.74 Å².